The number of allylic oxidation sites excluding steroid dienone is 3. The van der Waals surface area contributed by atoms with Gasteiger partial charge in [0.15, 0.2) is 0 Å². The van der Waals surface area contributed by atoms with Crippen LogP contribution in [0.3, 0.4) is 0 Å². The Balaban J connectivity index is 4.01. The van der Waals surface area contributed by atoms with E-state index >= 15 is 0 Å². The molecule has 0 spiro atoms. The Morgan fingerprint density at radius 2 is 2.25 bits per heavy atom. The van der Waals surface area contributed by atoms with Gasteiger partial charge in [0.2, 0.25) is 0 Å². The van der Waals surface area contributed by atoms with Crippen molar-refractivity contribution in [3.63, 3.8) is 0 Å². The summed E-state index contributed by atoms with van der Waals surface area (Å²) in [6.07, 6.45) is 7.29. The van der Waals surface area contributed by atoms with Crippen LogP contribution in [0.25, 0.3) is 0 Å². The number of likely N-dealkylation sites (N-methyl/N-ethyl adjacent to an activating group) is 1. The van der Waals surface area contributed by atoms with Crippen molar-refractivity contribution in [2.75, 3.05) is 7.05 Å². The van der Waals surface area contributed by atoms with E-state index in [4.69, 9.17) is 5.73 Å². The van der Waals surface area contributed by atoms with Crippen LogP contribution in [0.4, 0.5) is 0 Å². The van der Waals surface area contributed by atoms with Gasteiger partial charge in [-0.15, -0.1) is 0 Å². The summed E-state index contributed by atoms with van der Waals surface area (Å²) in [7, 11) is 1.81. The van der Waals surface area contributed by atoms with E-state index < -0.39 is 0 Å². The molecule has 3 N–H and O–H groups in total. The van der Waals surface area contributed by atoms with Crippen LogP contribution in [-0.4, -0.2) is 19.4 Å². The van der Waals surface area contributed by atoms with Crippen molar-refractivity contribution in [1.29, 1.82) is 0 Å². The first-order valence-corrected chi connectivity index (χ1v) is 3.97. The number of hydrogen-bond acceptors (Lipinski definition) is 3. The van der Waals surface area contributed by atoms with Crippen molar-refractivity contribution in [1.82, 2.24) is 5.32 Å². The van der Waals surface area contributed by atoms with Gasteiger partial charge in [0.25, 0.3) is 0 Å². The van der Waals surface area contributed by atoms with Gasteiger partial charge in [-0.2, -0.15) is 0 Å². The third-order valence-corrected chi connectivity index (χ3v) is 1.31. The number of aliphatic imine (C=N–C) groups is 1. The van der Waals surface area contributed by atoms with E-state index in [1.807, 2.05) is 39.1 Å². The molecule has 12 heavy (non-hydrogen) atoms. The van der Waals surface area contributed by atoms with Crippen molar-refractivity contribution in [3.05, 3.63) is 23.9 Å². The van der Waals surface area contributed by atoms with Crippen LogP contribution < -0.4 is 11.1 Å². The molecule has 0 saturated heterocycles. The van der Waals surface area contributed by atoms with Crippen LogP contribution in [0.5, 0.6) is 0 Å². The Kier molecular flexibility index (Phi) is 6.24. The molecule has 0 aliphatic heterocycles. The minimum absolute atomic E-state index is 0.118. The smallest absolute Gasteiger partial charge is 0.0756 e. The van der Waals surface area contributed by atoms with E-state index in [1.54, 1.807) is 6.21 Å². The molecule has 1 atom stereocenters. The first-order chi connectivity index (χ1) is 5.70. The van der Waals surface area contributed by atoms with E-state index in [-0.39, 0.29) is 6.17 Å². The lowest BCUT2D eigenvalue weighted by molar-refractivity contribution is 0.693. The molecule has 68 valence electrons. The molecule has 0 aromatic carbocycles. The summed E-state index contributed by atoms with van der Waals surface area (Å²) in [6, 6.07) is 0. The lowest BCUT2D eigenvalue weighted by Gasteiger charge is -2.03. The van der Waals surface area contributed by atoms with Crippen molar-refractivity contribution in [3.8, 4) is 0 Å². The van der Waals surface area contributed by atoms with Gasteiger partial charge < -0.3 is 11.1 Å². The van der Waals surface area contributed by atoms with Crippen molar-refractivity contribution >= 4 is 6.21 Å². The van der Waals surface area contributed by atoms with Gasteiger partial charge in [-0.3, -0.25) is 4.99 Å². The Hall–Kier alpha value is -0.930. The quantitative estimate of drug-likeness (QED) is 0.485. The van der Waals surface area contributed by atoms with Crippen molar-refractivity contribution in [2.45, 2.75) is 20.0 Å². The first-order valence-electron chi connectivity index (χ1n) is 3.97. The monoisotopic (exact) mass is 167 g/mol. The highest BCUT2D eigenvalue weighted by molar-refractivity contribution is 5.71. The number of nitrogens with zero attached hydrogens (tertiary/aromatic N) is 1. The second kappa shape index (κ2) is 6.76. The Labute approximate surface area is 74.1 Å². The Morgan fingerprint density at radius 1 is 1.58 bits per heavy atom. The second-order valence-electron chi connectivity index (χ2n) is 2.43. The molecule has 0 saturated carbocycles. The molecule has 0 fully saturated rings. The predicted molar refractivity (Wildman–Crippen MR) is 54.1 cm³/mol. The van der Waals surface area contributed by atoms with Crippen LogP contribution in [-0.2, 0) is 0 Å². The highest BCUT2D eigenvalue weighted by atomic mass is 15.0. The van der Waals surface area contributed by atoms with Gasteiger partial charge in [0, 0.05) is 11.9 Å². The molecule has 0 rings (SSSR count). The molecule has 3 nitrogen and oxygen atoms in total. The number of rotatable bonds is 4. The minimum atomic E-state index is -0.118. The molecule has 0 aliphatic carbocycles. The number of nitrogens with two attached hydrogens (primary N) is 1. The highest BCUT2D eigenvalue weighted by Gasteiger charge is 1.91. The molecule has 0 aromatic heterocycles. The van der Waals surface area contributed by atoms with E-state index in [0.717, 1.165) is 5.70 Å². The van der Waals surface area contributed by atoms with Gasteiger partial charge in [-0.05, 0) is 33.0 Å². The second-order valence-corrected chi connectivity index (χ2v) is 2.43. The molecule has 0 heterocycles. The van der Waals surface area contributed by atoms with Gasteiger partial charge in [-0.1, -0.05) is 6.08 Å². The summed E-state index contributed by atoms with van der Waals surface area (Å²) in [5, 5.41) is 2.90. The maximum absolute atomic E-state index is 5.60. The van der Waals surface area contributed by atoms with E-state index in [1.165, 1.54) is 0 Å². The average molecular weight is 167 g/mol. The van der Waals surface area contributed by atoms with Crippen molar-refractivity contribution in [2.24, 2.45) is 10.7 Å². The van der Waals surface area contributed by atoms with Gasteiger partial charge in [0.1, 0.15) is 0 Å². The van der Waals surface area contributed by atoms with Crippen LogP contribution in [0, 0.1) is 0 Å². The first kappa shape index (κ1) is 11.1. The highest BCUT2D eigenvalue weighted by Crippen LogP contribution is 1.93. The summed E-state index contributed by atoms with van der Waals surface area (Å²) in [6.45, 7) is 3.86. The van der Waals surface area contributed by atoms with E-state index in [2.05, 4.69) is 10.3 Å². The topological polar surface area (TPSA) is 50.4 Å². The van der Waals surface area contributed by atoms with Crippen LogP contribution >= 0.6 is 0 Å². The largest absolute Gasteiger partial charge is 0.313 e. The summed E-state index contributed by atoms with van der Waals surface area (Å²) in [5.74, 6) is 0. The summed E-state index contributed by atoms with van der Waals surface area (Å²) >= 11 is 0. The minimum Gasteiger partial charge on any atom is -0.313 e. The zero-order valence-electron chi connectivity index (χ0n) is 7.91. The molecular formula is C9H17N3. The summed E-state index contributed by atoms with van der Waals surface area (Å²) < 4.78 is 0. The fraction of sp³-hybridized carbons (Fsp3) is 0.444. The zero-order chi connectivity index (χ0) is 9.40. The fourth-order valence-corrected chi connectivity index (χ4v) is 0.633. The van der Waals surface area contributed by atoms with Crippen LogP contribution in [0.1, 0.15) is 13.8 Å². The molecule has 0 aromatic rings. The summed E-state index contributed by atoms with van der Waals surface area (Å²) in [4.78, 5) is 4.13. The van der Waals surface area contributed by atoms with Gasteiger partial charge in [-0.25, -0.2) is 0 Å². The van der Waals surface area contributed by atoms with Gasteiger partial charge >= 0.3 is 0 Å². The van der Waals surface area contributed by atoms with Gasteiger partial charge in [0.05, 0.1) is 6.17 Å². The molecule has 0 bridgehead atoms. The maximum atomic E-state index is 5.60. The molecule has 3 heteroatoms. The lowest BCUT2D eigenvalue weighted by atomic mass is 10.4. The van der Waals surface area contributed by atoms with Crippen LogP contribution in [0.15, 0.2) is 28.9 Å². The third-order valence-electron chi connectivity index (χ3n) is 1.31. The molecule has 1 unspecified atom stereocenters. The zero-order valence-corrected chi connectivity index (χ0v) is 7.91. The normalized spacial score (nSPS) is 16.2. The third kappa shape index (κ3) is 5.82. The average Bonchev–Trinajstić information content (AvgIpc) is 2.05. The number of nitrogens with one attached hydrogen (secondary N) is 1. The lowest BCUT2D eigenvalue weighted by Crippen LogP contribution is -2.32. The molecule has 0 radical (unpaired) electrons. The SMILES string of the molecule is C\C=C/C=N\C(C)=C\C(N)NC. The van der Waals surface area contributed by atoms with Crippen molar-refractivity contribution < 1.29 is 0 Å². The fourth-order valence-electron chi connectivity index (χ4n) is 0.633. The van der Waals surface area contributed by atoms with Crippen LogP contribution in [0.2, 0.25) is 0 Å². The molecule has 0 aliphatic rings. The standard InChI is InChI=1S/C9H17N3/c1-4-5-6-12-8(2)7-9(10)11-3/h4-7,9,11H,10H2,1-3H3/b5-4-,8-7+,12-6-. The Morgan fingerprint density at radius 3 is 2.75 bits per heavy atom. The Bertz CT molecular complexity index is 192. The molecular weight excluding hydrogens is 150 g/mol. The maximum Gasteiger partial charge on any atom is 0.0756 e. The van der Waals surface area contributed by atoms with E-state index in [9.17, 15) is 0 Å². The number of hydrogen-bond donors (Lipinski definition) is 2. The van der Waals surface area contributed by atoms with E-state index in [0.29, 0.717) is 0 Å². The predicted octanol–water partition coefficient (Wildman–Crippen LogP) is 1.04. The molecule has 0 amide bonds. The summed E-state index contributed by atoms with van der Waals surface area (Å²) in [5.41, 5.74) is 6.51.